The van der Waals surface area contributed by atoms with Crippen molar-refractivity contribution < 1.29 is 15.0 Å². The molecule has 3 heteroatoms. The molecule has 0 aliphatic rings. The Morgan fingerprint density at radius 1 is 0.867 bits per heavy atom. The zero-order valence-corrected chi connectivity index (χ0v) is 10.8. The van der Waals surface area contributed by atoms with Crippen LogP contribution in [0.15, 0.2) is 0 Å². The Morgan fingerprint density at radius 2 is 1.27 bits per heavy atom. The van der Waals surface area contributed by atoms with Crippen molar-refractivity contribution in [3.8, 4) is 0 Å². The molecule has 0 bridgehead atoms. The van der Waals surface area contributed by atoms with Gasteiger partial charge >= 0.3 is 5.97 Å². The lowest BCUT2D eigenvalue weighted by Crippen LogP contribution is -1.90. The highest BCUT2D eigenvalue weighted by Crippen LogP contribution is 2.00. The highest BCUT2D eigenvalue weighted by Gasteiger charge is 1.87. The summed E-state index contributed by atoms with van der Waals surface area (Å²) >= 11 is 0. The van der Waals surface area contributed by atoms with Crippen LogP contribution in [0.2, 0.25) is 0 Å². The molecule has 0 saturated heterocycles. The van der Waals surface area contributed by atoms with Gasteiger partial charge in [-0.25, -0.2) is 0 Å². The van der Waals surface area contributed by atoms with Crippen molar-refractivity contribution in [1.82, 2.24) is 0 Å². The first-order valence-corrected chi connectivity index (χ1v) is 5.85. The molecule has 0 aromatic carbocycles. The van der Waals surface area contributed by atoms with Crippen molar-refractivity contribution in [2.75, 3.05) is 7.11 Å². The summed E-state index contributed by atoms with van der Waals surface area (Å²) in [5.74, 6) is -0.711. The molecule has 3 nitrogen and oxygen atoms in total. The molecule has 94 valence electrons. The molecule has 15 heavy (non-hydrogen) atoms. The summed E-state index contributed by atoms with van der Waals surface area (Å²) in [6.07, 6.45) is 8.03. The number of carboxylic acid groups (broad SMARTS) is 1. The van der Waals surface area contributed by atoms with Gasteiger partial charge in [0.15, 0.2) is 0 Å². The SMILES string of the molecule is CCCC(=O)O.CCCCCCC.CO. The topological polar surface area (TPSA) is 57.5 Å². The third-order valence-electron chi connectivity index (χ3n) is 1.67. The minimum atomic E-state index is -0.711. The van der Waals surface area contributed by atoms with Crippen molar-refractivity contribution in [3.63, 3.8) is 0 Å². The molecule has 0 amide bonds. The van der Waals surface area contributed by atoms with Gasteiger partial charge in [-0.3, -0.25) is 4.79 Å². The van der Waals surface area contributed by atoms with E-state index >= 15 is 0 Å². The average Bonchev–Trinajstić information content (AvgIpc) is 2.22. The van der Waals surface area contributed by atoms with Crippen LogP contribution in [0.3, 0.4) is 0 Å². The van der Waals surface area contributed by atoms with Gasteiger partial charge in [0.25, 0.3) is 0 Å². The van der Waals surface area contributed by atoms with Crippen LogP contribution in [0.25, 0.3) is 0 Å². The Kier molecular flexibility index (Phi) is 31.0. The van der Waals surface area contributed by atoms with E-state index in [4.69, 9.17) is 10.2 Å². The van der Waals surface area contributed by atoms with E-state index in [0.29, 0.717) is 6.42 Å². The molecule has 0 spiro atoms. The number of hydrogen-bond donors (Lipinski definition) is 2. The first-order chi connectivity index (χ1) is 7.18. The zero-order chi connectivity index (χ0) is 12.5. The maximum absolute atomic E-state index is 9.60. The third kappa shape index (κ3) is 42.4. The summed E-state index contributed by atoms with van der Waals surface area (Å²) in [4.78, 5) is 9.60. The molecule has 0 heterocycles. The zero-order valence-electron chi connectivity index (χ0n) is 10.8. The second kappa shape index (κ2) is 23.3. The Hall–Kier alpha value is -0.570. The number of aliphatic hydroxyl groups is 1. The molecular weight excluding hydrogens is 192 g/mol. The molecule has 0 aromatic heterocycles. The van der Waals surface area contributed by atoms with E-state index in [0.717, 1.165) is 13.5 Å². The van der Waals surface area contributed by atoms with E-state index in [2.05, 4.69) is 13.8 Å². The Bertz CT molecular complexity index is 99.0. The summed E-state index contributed by atoms with van der Waals surface area (Å²) < 4.78 is 0. The number of unbranched alkanes of at least 4 members (excludes halogenated alkanes) is 4. The summed E-state index contributed by atoms with van der Waals surface area (Å²) in [5, 5.41) is 14.9. The van der Waals surface area contributed by atoms with Gasteiger partial charge in [0.05, 0.1) is 0 Å². The highest BCUT2D eigenvalue weighted by molar-refractivity contribution is 5.66. The van der Waals surface area contributed by atoms with Crippen LogP contribution in [-0.4, -0.2) is 23.3 Å². The van der Waals surface area contributed by atoms with E-state index in [9.17, 15) is 4.79 Å². The summed E-state index contributed by atoms with van der Waals surface area (Å²) in [6, 6.07) is 0. The molecule has 2 N–H and O–H groups in total. The van der Waals surface area contributed by atoms with Gasteiger partial charge in [0.2, 0.25) is 0 Å². The number of carbonyl (C=O) groups is 1. The molecule has 0 rings (SSSR count). The maximum atomic E-state index is 9.60. The number of aliphatic hydroxyl groups excluding tert-OH is 1. The van der Waals surface area contributed by atoms with Crippen LogP contribution in [0.5, 0.6) is 0 Å². The van der Waals surface area contributed by atoms with Crippen molar-refractivity contribution in [2.45, 2.75) is 65.7 Å². The summed E-state index contributed by atoms with van der Waals surface area (Å²) in [5.41, 5.74) is 0. The normalized spacial score (nSPS) is 8.07. The first kappa shape index (κ1) is 19.9. The maximum Gasteiger partial charge on any atom is 0.303 e. The fourth-order valence-corrected chi connectivity index (χ4v) is 0.891. The van der Waals surface area contributed by atoms with Gasteiger partial charge in [-0.1, -0.05) is 52.9 Å². The molecule has 0 fully saturated rings. The Morgan fingerprint density at radius 3 is 1.40 bits per heavy atom. The van der Waals surface area contributed by atoms with Crippen molar-refractivity contribution in [2.24, 2.45) is 0 Å². The van der Waals surface area contributed by atoms with E-state index in [-0.39, 0.29) is 0 Å². The predicted octanol–water partition coefficient (Wildman–Crippen LogP) is 3.46. The van der Waals surface area contributed by atoms with Crippen LogP contribution in [0, 0.1) is 0 Å². The largest absolute Gasteiger partial charge is 0.481 e. The van der Waals surface area contributed by atoms with E-state index < -0.39 is 5.97 Å². The van der Waals surface area contributed by atoms with E-state index in [1.807, 2.05) is 6.92 Å². The minimum Gasteiger partial charge on any atom is -0.481 e. The van der Waals surface area contributed by atoms with E-state index in [1.165, 1.54) is 32.1 Å². The number of carboxylic acids is 1. The molecule has 0 aliphatic carbocycles. The van der Waals surface area contributed by atoms with Crippen LogP contribution in [-0.2, 0) is 4.79 Å². The predicted molar refractivity (Wildman–Crippen MR) is 65.1 cm³/mol. The standard InChI is InChI=1S/C7H16.C4H8O2.CH4O/c1-3-5-7-6-4-2;1-2-3-4(5)6;1-2/h3-7H2,1-2H3;2-3H2,1H3,(H,5,6);2H,1H3. The fraction of sp³-hybridized carbons (Fsp3) is 0.917. The lowest BCUT2D eigenvalue weighted by atomic mass is 10.2. The van der Waals surface area contributed by atoms with Gasteiger partial charge in [-0.15, -0.1) is 0 Å². The molecule has 0 saturated carbocycles. The van der Waals surface area contributed by atoms with Crippen molar-refractivity contribution >= 4 is 5.97 Å². The van der Waals surface area contributed by atoms with Crippen LogP contribution in [0.4, 0.5) is 0 Å². The Labute approximate surface area is 94.5 Å². The second-order valence-electron chi connectivity index (χ2n) is 3.20. The monoisotopic (exact) mass is 220 g/mol. The second-order valence-corrected chi connectivity index (χ2v) is 3.20. The minimum absolute atomic E-state index is 0.292. The van der Waals surface area contributed by atoms with Crippen LogP contribution < -0.4 is 0 Å². The average molecular weight is 220 g/mol. The highest BCUT2D eigenvalue weighted by atomic mass is 16.4. The smallest absolute Gasteiger partial charge is 0.303 e. The lowest BCUT2D eigenvalue weighted by Gasteiger charge is -1.90. The van der Waals surface area contributed by atoms with Crippen molar-refractivity contribution in [1.29, 1.82) is 0 Å². The van der Waals surface area contributed by atoms with E-state index in [1.54, 1.807) is 0 Å². The quantitative estimate of drug-likeness (QED) is 0.674. The van der Waals surface area contributed by atoms with Crippen LogP contribution in [0.1, 0.15) is 65.7 Å². The third-order valence-corrected chi connectivity index (χ3v) is 1.67. The molecule has 0 aliphatic heterocycles. The molecule has 0 aromatic rings. The van der Waals surface area contributed by atoms with Gasteiger partial charge in [0, 0.05) is 13.5 Å². The summed E-state index contributed by atoms with van der Waals surface area (Å²) in [6.45, 7) is 6.33. The number of aliphatic carboxylic acids is 1. The Balaban J connectivity index is -0.000000166. The van der Waals surface area contributed by atoms with Gasteiger partial charge in [-0.05, 0) is 6.42 Å². The molecule has 0 unspecified atom stereocenters. The number of rotatable bonds is 6. The fourth-order valence-electron chi connectivity index (χ4n) is 0.891. The molecular formula is C12H28O3. The summed E-state index contributed by atoms with van der Waals surface area (Å²) in [7, 11) is 1.00. The number of hydrogen-bond acceptors (Lipinski definition) is 2. The van der Waals surface area contributed by atoms with Gasteiger partial charge in [0.1, 0.15) is 0 Å². The molecule has 0 radical (unpaired) electrons. The molecule has 0 atom stereocenters. The lowest BCUT2D eigenvalue weighted by molar-refractivity contribution is -0.137. The van der Waals surface area contributed by atoms with Crippen molar-refractivity contribution in [3.05, 3.63) is 0 Å². The first-order valence-electron chi connectivity index (χ1n) is 5.85. The van der Waals surface area contributed by atoms with Gasteiger partial charge < -0.3 is 10.2 Å². The van der Waals surface area contributed by atoms with Crippen LogP contribution >= 0.6 is 0 Å². The van der Waals surface area contributed by atoms with Gasteiger partial charge in [-0.2, -0.15) is 0 Å².